The minimum Gasteiger partial charge on any atom is -0.493 e. The van der Waals surface area contributed by atoms with Crippen molar-refractivity contribution in [2.24, 2.45) is 0 Å². The van der Waals surface area contributed by atoms with Crippen molar-refractivity contribution in [3.63, 3.8) is 0 Å². The van der Waals surface area contributed by atoms with Crippen LogP contribution in [0.15, 0.2) is 18.2 Å². The molecule has 0 aliphatic carbocycles. The Bertz CT molecular complexity index is 339. The lowest BCUT2D eigenvalue weighted by atomic mass is 10.2. The zero-order valence-electron chi connectivity index (χ0n) is 10.2. The molecule has 0 radical (unpaired) electrons. The van der Waals surface area contributed by atoms with Crippen molar-refractivity contribution >= 4 is 5.69 Å². The molecule has 1 aromatic rings. The number of aliphatic hydroxyl groups is 1. The molecule has 0 fully saturated rings. The van der Waals surface area contributed by atoms with Gasteiger partial charge < -0.3 is 19.9 Å². The Hall–Kier alpha value is -1.42. The molecule has 0 aliphatic heterocycles. The molecule has 0 bridgehead atoms. The van der Waals surface area contributed by atoms with Crippen LogP contribution < -0.4 is 14.8 Å². The molecular weight excluding hydrogens is 206 g/mol. The van der Waals surface area contributed by atoms with Gasteiger partial charge in [0, 0.05) is 17.8 Å². The SMILES string of the molecule is COc1ccc(NC(C)C(C)O)cc1OC. The Labute approximate surface area is 96.2 Å². The summed E-state index contributed by atoms with van der Waals surface area (Å²) in [6.07, 6.45) is -0.409. The number of benzene rings is 1. The lowest BCUT2D eigenvalue weighted by Gasteiger charge is -2.18. The average molecular weight is 225 g/mol. The van der Waals surface area contributed by atoms with Gasteiger partial charge in [-0.15, -0.1) is 0 Å². The second-order valence-corrected chi connectivity index (χ2v) is 3.74. The van der Waals surface area contributed by atoms with Crippen LogP contribution in [0.1, 0.15) is 13.8 Å². The zero-order valence-corrected chi connectivity index (χ0v) is 10.2. The summed E-state index contributed by atoms with van der Waals surface area (Å²) in [5.74, 6) is 1.36. The first kappa shape index (κ1) is 12.6. The van der Waals surface area contributed by atoms with E-state index in [9.17, 15) is 5.11 Å². The van der Waals surface area contributed by atoms with Crippen molar-refractivity contribution in [2.45, 2.75) is 26.0 Å². The highest BCUT2D eigenvalue weighted by Gasteiger charge is 2.10. The van der Waals surface area contributed by atoms with Crippen LogP contribution >= 0.6 is 0 Å². The van der Waals surface area contributed by atoms with Gasteiger partial charge in [0.25, 0.3) is 0 Å². The van der Waals surface area contributed by atoms with Crippen LogP contribution in [0.3, 0.4) is 0 Å². The number of hydrogen-bond acceptors (Lipinski definition) is 4. The van der Waals surface area contributed by atoms with Crippen LogP contribution in [0.5, 0.6) is 11.5 Å². The molecule has 0 saturated carbocycles. The van der Waals surface area contributed by atoms with Gasteiger partial charge >= 0.3 is 0 Å². The van der Waals surface area contributed by atoms with Crippen LogP contribution in [0.25, 0.3) is 0 Å². The molecule has 4 nitrogen and oxygen atoms in total. The largest absolute Gasteiger partial charge is 0.493 e. The Morgan fingerprint density at radius 3 is 2.25 bits per heavy atom. The third kappa shape index (κ3) is 3.03. The summed E-state index contributed by atoms with van der Waals surface area (Å²) in [7, 11) is 3.20. The minimum atomic E-state index is -0.409. The predicted molar refractivity (Wildman–Crippen MR) is 64.3 cm³/mol. The molecule has 16 heavy (non-hydrogen) atoms. The van der Waals surface area contributed by atoms with Crippen LogP contribution in [-0.2, 0) is 0 Å². The smallest absolute Gasteiger partial charge is 0.162 e. The maximum Gasteiger partial charge on any atom is 0.162 e. The Morgan fingerprint density at radius 2 is 1.75 bits per heavy atom. The number of anilines is 1. The van der Waals surface area contributed by atoms with Crippen molar-refractivity contribution in [1.29, 1.82) is 0 Å². The Kier molecular flexibility index (Phi) is 4.43. The first-order valence-corrected chi connectivity index (χ1v) is 5.25. The lowest BCUT2D eigenvalue weighted by molar-refractivity contribution is 0.178. The van der Waals surface area contributed by atoms with E-state index in [1.807, 2.05) is 25.1 Å². The molecule has 90 valence electrons. The van der Waals surface area contributed by atoms with E-state index >= 15 is 0 Å². The Morgan fingerprint density at radius 1 is 1.12 bits per heavy atom. The number of nitrogens with one attached hydrogen (secondary N) is 1. The second-order valence-electron chi connectivity index (χ2n) is 3.74. The standard InChI is InChI=1S/C12H19NO3/c1-8(9(2)14)13-10-5-6-11(15-3)12(7-10)16-4/h5-9,13-14H,1-4H3. The van der Waals surface area contributed by atoms with Crippen LogP contribution in [0, 0.1) is 0 Å². The van der Waals surface area contributed by atoms with Gasteiger partial charge in [0.1, 0.15) is 0 Å². The van der Waals surface area contributed by atoms with E-state index in [2.05, 4.69) is 5.32 Å². The van der Waals surface area contributed by atoms with Gasteiger partial charge in [-0.2, -0.15) is 0 Å². The number of methoxy groups -OCH3 is 2. The fourth-order valence-electron chi connectivity index (χ4n) is 1.31. The molecule has 0 aromatic heterocycles. The van der Waals surface area contributed by atoms with Gasteiger partial charge in [0.2, 0.25) is 0 Å². The molecular formula is C12H19NO3. The molecule has 2 atom stereocenters. The highest BCUT2D eigenvalue weighted by Crippen LogP contribution is 2.30. The van der Waals surface area contributed by atoms with Crippen molar-refractivity contribution in [3.8, 4) is 11.5 Å². The molecule has 0 amide bonds. The van der Waals surface area contributed by atoms with Gasteiger partial charge in [0.15, 0.2) is 11.5 Å². The number of rotatable bonds is 5. The summed E-state index contributed by atoms with van der Waals surface area (Å²) < 4.78 is 10.3. The Balaban J connectivity index is 2.82. The van der Waals surface area contributed by atoms with E-state index in [1.54, 1.807) is 21.1 Å². The third-order valence-corrected chi connectivity index (χ3v) is 2.50. The number of hydrogen-bond donors (Lipinski definition) is 2. The first-order valence-electron chi connectivity index (χ1n) is 5.25. The lowest BCUT2D eigenvalue weighted by Crippen LogP contribution is -2.27. The van der Waals surface area contributed by atoms with E-state index in [0.29, 0.717) is 11.5 Å². The summed E-state index contributed by atoms with van der Waals surface area (Å²) in [5.41, 5.74) is 0.894. The highest BCUT2D eigenvalue weighted by atomic mass is 16.5. The van der Waals surface area contributed by atoms with E-state index in [-0.39, 0.29) is 6.04 Å². The molecule has 2 unspecified atom stereocenters. The van der Waals surface area contributed by atoms with Gasteiger partial charge in [-0.05, 0) is 26.0 Å². The van der Waals surface area contributed by atoms with Crippen molar-refractivity contribution in [1.82, 2.24) is 0 Å². The maximum absolute atomic E-state index is 9.39. The quantitative estimate of drug-likeness (QED) is 0.803. The van der Waals surface area contributed by atoms with Crippen molar-refractivity contribution < 1.29 is 14.6 Å². The molecule has 0 heterocycles. The van der Waals surface area contributed by atoms with E-state index in [1.165, 1.54) is 0 Å². The molecule has 2 N–H and O–H groups in total. The van der Waals surface area contributed by atoms with E-state index in [4.69, 9.17) is 9.47 Å². The maximum atomic E-state index is 9.39. The summed E-state index contributed by atoms with van der Waals surface area (Å²) in [6, 6.07) is 5.55. The van der Waals surface area contributed by atoms with E-state index in [0.717, 1.165) is 5.69 Å². The van der Waals surface area contributed by atoms with Crippen LogP contribution in [-0.4, -0.2) is 31.5 Å². The summed E-state index contributed by atoms with van der Waals surface area (Å²) in [6.45, 7) is 3.67. The van der Waals surface area contributed by atoms with Gasteiger partial charge in [-0.25, -0.2) is 0 Å². The summed E-state index contributed by atoms with van der Waals surface area (Å²) in [5, 5.41) is 12.6. The minimum absolute atomic E-state index is 0.0156. The normalized spacial score (nSPS) is 14.1. The summed E-state index contributed by atoms with van der Waals surface area (Å²) >= 11 is 0. The van der Waals surface area contributed by atoms with Crippen molar-refractivity contribution in [2.75, 3.05) is 19.5 Å². The van der Waals surface area contributed by atoms with Gasteiger partial charge in [-0.1, -0.05) is 0 Å². The zero-order chi connectivity index (χ0) is 12.1. The number of ether oxygens (including phenoxy) is 2. The molecule has 0 spiro atoms. The fraction of sp³-hybridized carbons (Fsp3) is 0.500. The highest BCUT2D eigenvalue weighted by molar-refractivity contribution is 5.55. The fourth-order valence-corrected chi connectivity index (χ4v) is 1.31. The summed E-state index contributed by atoms with van der Waals surface area (Å²) in [4.78, 5) is 0. The third-order valence-electron chi connectivity index (χ3n) is 2.50. The van der Waals surface area contributed by atoms with Gasteiger partial charge in [0.05, 0.1) is 20.3 Å². The molecule has 1 aromatic carbocycles. The van der Waals surface area contributed by atoms with Gasteiger partial charge in [-0.3, -0.25) is 0 Å². The second kappa shape index (κ2) is 5.61. The predicted octanol–water partition coefficient (Wildman–Crippen LogP) is 1.88. The number of aliphatic hydroxyl groups excluding tert-OH is 1. The topological polar surface area (TPSA) is 50.7 Å². The van der Waals surface area contributed by atoms with Crippen LogP contribution in [0.4, 0.5) is 5.69 Å². The first-order chi connectivity index (χ1) is 7.58. The van der Waals surface area contributed by atoms with Crippen molar-refractivity contribution in [3.05, 3.63) is 18.2 Å². The molecule has 1 rings (SSSR count). The van der Waals surface area contributed by atoms with Crippen LogP contribution in [0.2, 0.25) is 0 Å². The monoisotopic (exact) mass is 225 g/mol. The molecule has 0 aliphatic rings. The molecule has 0 saturated heterocycles. The average Bonchev–Trinajstić information content (AvgIpc) is 2.28. The van der Waals surface area contributed by atoms with E-state index < -0.39 is 6.10 Å². The molecule has 4 heteroatoms.